The topological polar surface area (TPSA) is 170 Å². The van der Waals surface area contributed by atoms with Crippen LogP contribution in [0, 0.1) is 0 Å². The molecule has 0 radical (unpaired) electrons. The molecule has 0 aliphatic heterocycles. The second kappa shape index (κ2) is 19.0. The molecule has 0 rings (SSSR count). The largest absolute Gasteiger partial charge is 0.368 e. The van der Waals surface area contributed by atoms with Gasteiger partial charge in [-0.05, 0) is 19.3 Å². The van der Waals surface area contributed by atoms with Gasteiger partial charge in [0.15, 0.2) is 0 Å². The van der Waals surface area contributed by atoms with Gasteiger partial charge in [-0.2, -0.15) is 0 Å². The Morgan fingerprint density at radius 1 is 0.963 bits per heavy atom. The third-order valence-electron chi connectivity index (χ3n) is 3.29. The van der Waals surface area contributed by atoms with E-state index in [2.05, 4.69) is 31.3 Å². The summed E-state index contributed by atoms with van der Waals surface area (Å²) in [5.41, 5.74) is 16.3. The summed E-state index contributed by atoms with van der Waals surface area (Å²) in [4.78, 5) is 44.4. The Bertz CT molecular complexity index is 411. The molecule has 27 heavy (non-hydrogen) atoms. The van der Waals surface area contributed by atoms with E-state index < -0.39 is 23.9 Å². The predicted molar refractivity (Wildman–Crippen MR) is 104 cm³/mol. The summed E-state index contributed by atoms with van der Waals surface area (Å²) >= 11 is 0. The normalized spacial score (nSPS) is 12.1. The number of hydrogen-bond acceptors (Lipinski definition) is 8. The molecular formula is C16H38N6O5. The van der Waals surface area contributed by atoms with E-state index in [9.17, 15) is 14.4 Å². The van der Waals surface area contributed by atoms with Crippen molar-refractivity contribution in [2.75, 3.05) is 33.9 Å². The monoisotopic (exact) mass is 394 g/mol. The van der Waals surface area contributed by atoms with Crippen LogP contribution in [-0.2, 0) is 24.1 Å². The third kappa shape index (κ3) is 16.1. The molecule has 0 heterocycles. The molecule has 0 aromatic rings. The third-order valence-corrected chi connectivity index (χ3v) is 3.29. The molecule has 0 aliphatic rings. The van der Waals surface area contributed by atoms with E-state index in [0.29, 0.717) is 32.5 Å². The van der Waals surface area contributed by atoms with E-state index in [0.717, 1.165) is 0 Å². The minimum Gasteiger partial charge on any atom is -0.368 e. The van der Waals surface area contributed by atoms with Gasteiger partial charge in [-0.3, -0.25) is 14.4 Å². The lowest BCUT2D eigenvalue weighted by Gasteiger charge is -2.18. The van der Waals surface area contributed by atoms with Crippen LogP contribution in [0.1, 0.15) is 40.5 Å². The van der Waals surface area contributed by atoms with Gasteiger partial charge >= 0.3 is 0 Å². The smallest absolute Gasteiger partial charge is 0.240 e. The molecule has 1 unspecified atom stereocenters. The second-order valence-corrected chi connectivity index (χ2v) is 5.30. The highest BCUT2D eigenvalue weighted by Gasteiger charge is 2.22. The number of primary amides is 1. The van der Waals surface area contributed by atoms with Crippen molar-refractivity contribution in [1.82, 2.24) is 21.6 Å². The Kier molecular flexibility index (Phi) is 21.1. The highest BCUT2D eigenvalue weighted by atomic mass is 16.6. The van der Waals surface area contributed by atoms with Crippen LogP contribution in [0.4, 0.5) is 0 Å². The summed E-state index contributed by atoms with van der Waals surface area (Å²) in [6.45, 7) is 1.38. The number of carbonyl (C=O) groups is 3. The van der Waals surface area contributed by atoms with Crippen molar-refractivity contribution in [3.63, 3.8) is 0 Å². The molecule has 0 aliphatic carbocycles. The fourth-order valence-corrected chi connectivity index (χ4v) is 1.91. The second-order valence-electron chi connectivity index (χ2n) is 5.30. The van der Waals surface area contributed by atoms with Gasteiger partial charge in [0.05, 0.1) is 20.3 Å². The van der Waals surface area contributed by atoms with Crippen LogP contribution in [-0.4, -0.2) is 63.7 Å². The maximum atomic E-state index is 12.0. The lowest BCUT2D eigenvalue weighted by Crippen LogP contribution is -2.50. The Balaban J connectivity index is -0.00000288. The van der Waals surface area contributed by atoms with E-state index >= 15 is 0 Å². The van der Waals surface area contributed by atoms with Gasteiger partial charge in [-0.15, -0.1) is 0 Å². The standard InChI is InChI=1S/C14H30N6O5.2CH4/c1-24-18-7-3-4-10(15)14(23)20-11(13(16)22)5-6-12(21)17-8-9-19-25-2;;/h10-11,18-19H,3-9,15H2,1-2H3,(H2,16,22)(H,17,21)(H,20,23);2*1H4/t10?,11-;;/m0../s1. The van der Waals surface area contributed by atoms with Crippen molar-refractivity contribution in [1.29, 1.82) is 0 Å². The number of rotatable bonds is 15. The molecule has 11 nitrogen and oxygen atoms in total. The van der Waals surface area contributed by atoms with Crippen molar-refractivity contribution < 1.29 is 24.1 Å². The zero-order valence-corrected chi connectivity index (χ0v) is 14.8. The molecule has 0 saturated heterocycles. The van der Waals surface area contributed by atoms with Crippen LogP contribution in [0.5, 0.6) is 0 Å². The molecule has 3 amide bonds. The first kappa shape index (κ1) is 30.0. The molecule has 8 N–H and O–H groups in total. The minimum atomic E-state index is -0.946. The summed E-state index contributed by atoms with van der Waals surface area (Å²) in [5.74, 6) is -1.45. The molecule has 0 spiro atoms. The molecule has 2 atom stereocenters. The zero-order valence-electron chi connectivity index (χ0n) is 14.8. The number of hydrogen-bond donors (Lipinski definition) is 6. The summed E-state index contributed by atoms with van der Waals surface area (Å²) in [6, 6.07) is -1.71. The predicted octanol–water partition coefficient (Wildman–Crippen LogP) is -1.47. The van der Waals surface area contributed by atoms with Gasteiger partial charge in [0.1, 0.15) is 6.04 Å². The quantitative estimate of drug-likeness (QED) is 0.144. The molecule has 0 fully saturated rings. The van der Waals surface area contributed by atoms with Crippen molar-refractivity contribution in [2.45, 2.75) is 52.6 Å². The molecule has 0 bridgehead atoms. The average Bonchev–Trinajstić information content (AvgIpc) is 2.58. The Morgan fingerprint density at radius 3 is 2.11 bits per heavy atom. The minimum absolute atomic E-state index is 0. The Labute approximate surface area is 162 Å². The van der Waals surface area contributed by atoms with Crippen molar-refractivity contribution in [3.8, 4) is 0 Å². The summed E-state index contributed by atoms with van der Waals surface area (Å²) < 4.78 is 0. The molecule has 0 saturated carbocycles. The average molecular weight is 395 g/mol. The SMILES string of the molecule is C.C.CONCCCC(N)C(=O)N[C@@H](CCC(=O)NCCNOC)C(N)=O. The van der Waals surface area contributed by atoms with Crippen LogP contribution < -0.4 is 33.1 Å². The van der Waals surface area contributed by atoms with Gasteiger partial charge in [0, 0.05) is 26.1 Å². The number of hydroxylamine groups is 2. The molecule has 162 valence electrons. The van der Waals surface area contributed by atoms with Gasteiger partial charge in [0.25, 0.3) is 0 Å². The van der Waals surface area contributed by atoms with Crippen LogP contribution in [0.2, 0.25) is 0 Å². The van der Waals surface area contributed by atoms with E-state index in [1.54, 1.807) is 0 Å². The summed E-state index contributed by atoms with van der Waals surface area (Å²) in [6.07, 6.45) is 1.19. The van der Waals surface area contributed by atoms with Crippen molar-refractivity contribution >= 4 is 17.7 Å². The first-order valence-electron chi connectivity index (χ1n) is 8.06. The molecular weight excluding hydrogens is 356 g/mol. The molecule has 0 aromatic heterocycles. The van der Waals surface area contributed by atoms with E-state index in [-0.39, 0.29) is 33.6 Å². The molecule has 0 aromatic carbocycles. The Morgan fingerprint density at radius 2 is 1.56 bits per heavy atom. The van der Waals surface area contributed by atoms with Crippen LogP contribution >= 0.6 is 0 Å². The highest BCUT2D eigenvalue weighted by Crippen LogP contribution is 2.00. The van der Waals surface area contributed by atoms with Crippen LogP contribution in [0.25, 0.3) is 0 Å². The van der Waals surface area contributed by atoms with Crippen LogP contribution in [0.15, 0.2) is 0 Å². The first-order valence-corrected chi connectivity index (χ1v) is 8.06. The van der Waals surface area contributed by atoms with E-state index in [1.165, 1.54) is 14.2 Å². The van der Waals surface area contributed by atoms with Crippen LogP contribution in [0.3, 0.4) is 0 Å². The number of amides is 3. The van der Waals surface area contributed by atoms with E-state index in [1.807, 2.05) is 0 Å². The number of carbonyl (C=O) groups excluding carboxylic acids is 3. The van der Waals surface area contributed by atoms with Gasteiger partial charge in [0.2, 0.25) is 17.7 Å². The van der Waals surface area contributed by atoms with Gasteiger partial charge in [-0.25, -0.2) is 11.0 Å². The first-order chi connectivity index (χ1) is 11.9. The van der Waals surface area contributed by atoms with Gasteiger partial charge < -0.3 is 31.8 Å². The number of nitrogens with one attached hydrogen (secondary N) is 4. The fraction of sp³-hybridized carbons (Fsp3) is 0.812. The maximum absolute atomic E-state index is 12.0. The summed E-state index contributed by atoms with van der Waals surface area (Å²) in [5, 5.41) is 5.12. The maximum Gasteiger partial charge on any atom is 0.240 e. The van der Waals surface area contributed by atoms with E-state index in [4.69, 9.17) is 11.5 Å². The highest BCUT2D eigenvalue weighted by molar-refractivity contribution is 5.89. The number of nitrogens with two attached hydrogens (primary N) is 2. The van der Waals surface area contributed by atoms with Gasteiger partial charge in [-0.1, -0.05) is 14.9 Å². The lowest BCUT2D eigenvalue weighted by molar-refractivity contribution is -0.129. The van der Waals surface area contributed by atoms with Crippen molar-refractivity contribution in [2.24, 2.45) is 11.5 Å². The summed E-state index contributed by atoms with van der Waals surface area (Å²) in [7, 11) is 2.97. The zero-order chi connectivity index (χ0) is 19.1. The molecule has 11 heteroatoms. The van der Waals surface area contributed by atoms with Crippen molar-refractivity contribution in [3.05, 3.63) is 0 Å². The Hall–Kier alpha value is -1.79. The lowest BCUT2D eigenvalue weighted by atomic mass is 10.1. The fourth-order valence-electron chi connectivity index (χ4n) is 1.91.